The Morgan fingerprint density at radius 2 is 2.24 bits per heavy atom. The van der Waals surface area contributed by atoms with Crippen molar-refractivity contribution < 1.29 is 9.72 Å². The van der Waals surface area contributed by atoms with E-state index in [1.165, 1.54) is 12.3 Å². The Balaban J connectivity index is 2.11. The van der Waals surface area contributed by atoms with Crippen LogP contribution >= 0.6 is 0 Å². The van der Waals surface area contributed by atoms with Crippen LogP contribution < -0.4 is 4.90 Å². The zero-order chi connectivity index (χ0) is 15.4. The first kappa shape index (κ1) is 14.3. The molecule has 7 nitrogen and oxygen atoms in total. The van der Waals surface area contributed by atoms with Gasteiger partial charge in [0, 0.05) is 18.8 Å². The van der Waals surface area contributed by atoms with Crippen LogP contribution in [0.1, 0.15) is 16.1 Å². The van der Waals surface area contributed by atoms with E-state index < -0.39 is 4.92 Å². The van der Waals surface area contributed by atoms with E-state index in [1.807, 2.05) is 6.07 Å². The van der Waals surface area contributed by atoms with E-state index in [0.29, 0.717) is 5.56 Å². The second kappa shape index (κ2) is 5.88. The van der Waals surface area contributed by atoms with Gasteiger partial charge in [-0.1, -0.05) is 6.07 Å². The SMILES string of the molecule is CN(CC(=O)c1cc([N+](=O)[O-])c[nH]1)c1cccc(C#N)c1. The molecular formula is C14H12N4O3. The van der Waals surface area contributed by atoms with Gasteiger partial charge in [-0.15, -0.1) is 0 Å². The number of nitrogens with zero attached hydrogens (tertiary/aromatic N) is 3. The van der Waals surface area contributed by atoms with Crippen LogP contribution in [0.2, 0.25) is 0 Å². The van der Waals surface area contributed by atoms with Crippen molar-refractivity contribution in [1.82, 2.24) is 4.98 Å². The first-order valence-corrected chi connectivity index (χ1v) is 6.08. The van der Waals surface area contributed by atoms with Crippen molar-refractivity contribution in [2.24, 2.45) is 0 Å². The van der Waals surface area contributed by atoms with E-state index in [2.05, 4.69) is 4.98 Å². The van der Waals surface area contributed by atoms with Gasteiger partial charge in [-0.25, -0.2) is 0 Å². The molecule has 0 unspecified atom stereocenters. The Hall–Kier alpha value is -3.14. The molecule has 106 valence electrons. The Kier molecular flexibility index (Phi) is 4.00. The summed E-state index contributed by atoms with van der Waals surface area (Å²) in [5, 5.41) is 19.4. The quantitative estimate of drug-likeness (QED) is 0.514. The van der Waals surface area contributed by atoms with Crippen LogP contribution in [0.3, 0.4) is 0 Å². The van der Waals surface area contributed by atoms with Gasteiger partial charge in [0.25, 0.3) is 5.69 Å². The average molecular weight is 284 g/mol. The van der Waals surface area contributed by atoms with Gasteiger partial charge < -0.3 is 9.88 Å². The maximum absolute atomic E-state index is 12.1. The number of likely N-dealkylation sites (N-methyl/N-ethyl adjacent to an activating group) is 1. The molecule has 0 fully saturated rings. The average Bonchev–Trinajstić information content (AvgIpc) is 2.97. The van der Waals surface area contributed by atoms with Gasteiger partial charge in [-0.2, -0.15) is 5.26 Å². The number of carbonyl (C=O) groups is 1. The summed E-state index contributed by atoms with van der Waals surface area (Å²) in [5.41, 5.74) is 1.27. The molecule has 0 atom stereocenters. The summed E-state index contributed by atoms with van der Waals surface area (Å²) in [6.45, 7) is 0.0482. The number of aromatic amines is 1. The first-order chi connectivity index (χ1) is 10.0. The molecule has 0 spiro atoms. The van der Waals surface area contributed by atoms with E-state index in [4.69, 9.17) is 5.26 Å². The molecule has 0 aliphatic rings. The normalized spacial score (nSPS) is 9.90. The maximum Gasteiger partial charge on any atom is 0.287 e. The highest BCUT2D eigenvalue weighted by molar-refractivity contribution is 5.98. The molecule has 21 heavy (non-hydrogen) atoms. The van der Waals surface area contributed by atoms with E-state index in [9.17, 15) is 14.9 Å². The highest BCUT2D eigenvalue weighted by Crippen LogP contribution is 2.16. The fourth-order valence-corrected chi connectivity index (χ4v) is 1.85. The summed E-state index contributed by atoms with van der Waals surface area (Å²) in [5.74, 6) is -0.270. The number of carbonyl (C=O) groups excluding carboxylic acids is 1. The molecule has 1 aromatic heterocycles. The highest BCUT2D eigenvalue weighted by Gasteiger charge is 2.16. The van der Waals surface area contributed by atoms with Gasteiger partial charge in [-0.3, -0.25) is 14.9 Å². The number of Topliss-reactive ketones (excluding diaryl/α,β-unsaturated/α-hetero) is 1. The number of H-pyrrole nitrogens is 1. The number of nitriles is 1. The second-order valence-electron chi connectivity index (χ2n) is 4.47. The van der Waals surface area contributed by atoms with Crippen molar-refractivity contribution in [2.75, 3.05) is 18.5 Å². The number of hydrogen-bond acceptors (Lipinski definition) is 5. The summed E-state index contributed by atoms with van der Waals surface area (Å²) >= 11 is 0. The largest absolute Gasteiger partial charge is 0.367 e. The molecule has 0 aliphatic heterocycles. The zero-order valence-electron chi connectivity index (χ0n) is 11.2. The van der Waals surface area contributed by atoms with E-state index in [-0.39, 0.29) is 23.7 Å². The molecule has 2 rings (SSSR count). The van der Waals surface area contributed by atoms with Gasteiger partial charge in [-0.05, 0) is 18.2 Å². The van der Waals surface area contributed by atoms with Crippen LogP contribution in [0.25, 0.3) is 0 Å². The topological polar surface area (TPSA) is 103 Å². The number of rotatable bonds is 5. The molecule has 1 heterocycles. The monoisotopic (exact) mass is 284 g/mol. The van der Waals surface area contributed by atoms with Gasteiger partial charge in [0.15, 0.2) is 5.78 Å². The standard InChI is InChI=1S/C14H12N4O3/c1-17(11-4-2-3-10(5-11)7-15)9-14(19)13-6-12(8-16-13)18(20)21/h2-6,8,16H,9H2,1H3. The van der Waals surface area contributed by atoms with Crippen LogP contribution in [0, 0.1) is 21.4 Å². The molecular weight excluding hydrogens is 272 g/mol. The fourth-order valence-electron chi connectivity index (χ4n) is 1.85. The lowest BCUT2D eigenvalue weighted by atomic mass is 10.2. The molecule has 2 aromatic rings. The molecule has 0 saturated carbocycles. The fraction of sp³-hybridized carbons (Fsp3) is 0.143. The third-order valence-electron chi connectivity index (χ3n) is 2.98. The van der Waals surface area contributed by atoms with Crippen molar-refractivity contribution in [1.29, 1.82) is 5.26 Å². The molecule has 7 heteroatoms. The van der Waals surface area contributed by atoms with Gasteiger partial charge >= 0.3 is 0 Å². The van der Waals surface area contributed by atoms with Crippen molar-refractivity contribution >= 4 is 17.2 Å². The number of aromatic nitrogens is 1. The number of benzene rings is 1. The number of nitrogens with one attached hydrogen (secondary N) is 1. The minimum absolute atomic E-state index is 0.0482. The number of ketones is 1. The summed E-state index contributed by atoms with van der Waals surface area (Å²) in [7, 11) is 1.71. The lowest BCUT2D eigenvalue weighted by molar-refractivity contribution is -0.384. The molecule has 1 N–H and O–H groups in total. The molecule has 0 saturated heterocycles. The number of nitro groups is 1. The van der Waals surface area contributed by atoms with Crippen LogP contribution in [-0.2, 0) is 0 Å². The molecule has 0 radical (unpaired) electrons. The molecule has 0 aliphatic carbocycles. The smallest absolute Gasteiger partial charge is 0.287 e. The molecule has 1 aromatic carbocycles. The predicted octanol–water partition coefficient (Wildman–Crippen LogP) is 2.11. The van der Waals surface area contributed by atoms with Crippen molar-refractivity contribution in [3.63, 3.8) is 0 Å². The van der Waals surface area contributed by atoms with Gasteiger partial charge in [0.2, 0.25) is 0 Å². The van der Waals surface area contributed by atoms with Crippen LogP contribution in [0.5, 0.6) is 0 Å². The summed E-state index contributed by atoms with van der Waals surface area (Å²) in [4.78, 5) is 26.4. The first-order valence-electron chi connectivity index (χ1n) is 6.08. The van der Waals surface area contributed by atoms with Crippen molar-refractivity contribution in [2.45, 2.75) is 0 Å². The van der Waals surface area contributed by atoms with E-state index in [0.717, 1.165) is 5.69 Å². The van der Waals surface area contributed by atoms with Crippen LogP contribution in [-0.4, -0.2) is 29.3 Å². The summed E-state index contributed by atoms with van der Waals surface area (Å²) in [6, 6.07) is 10.1. The third kappa shape index (κ3) is 3.25. The predicted molar refractivity (Wildman–Crippen MR) is 76.2 cm³/mol. The zero-order valence-corrected chi connectivity index (χ0v) is 11.2. The highest BCUT2D eigenvalue weighted by atomic mass is 16.6. The lowest BCUT2D eigenvalue weighted by Crippen LogP contribution is -2.25. The number of hydrogen-bond donors (Lipinski definition) is 1. The Morgan fingerprint density at radius 1 is 1.48 bits per heavy atom. The third-order valence-corrected chi connectivity index (χ3v) is 2.98. The molecule has 0 bridgehead atoms. The summed E-state index contributed by atoms with van der Waals surface area (Å²) in [6.07, 6.45) is 1.18. The lowest BCUT2D eigenvalue weighted by Gasteiger charge is -2.18. The van der Waals surface area contributed by atoms with Gasteiger partial charge in [0.1, 0.15) is 0 Å². The van der Waals surface area contributed by atoms with Gasteiger partial charge in [0.05, 0.1) is 35.0 Å². The van der Waals surface area contributed by atoms with Crippen LogP contribution in [0.15, 0.2) is 36.5 Å². The Morgan fingerprint density at radius 3 is 2.86 bits per heavy atom. The minimum Gasteiger partial charge on any atom is -0.367 e. The summed E-state index contributed by atoms with van der Waals surface area (Å²) < 4.78 is 0. The van der Waals surface area contributed by atoms with E-state index in [1.54, 1.807) is 36.2 Å². The van der Waals surface area contributed by atoms with Crippen molar-refractivity contribution in [3.05, 3.63) is 57.9 Å². The Bertz CT molecular complexity index is 730. The maximum atomic E-state index is 12.1. The number of anilines is 1. The Labute approximate surface area is 120 Å². The minimum atomic E-state index is -0.562. The van der Waals surface area contributed by atoms with E-state index >= 15 is 0 Å². The molecule has 0 amide bonds. The van der Waals surface area contributed by atoms with Crippen molar-refractivity contribution in [3.8, 4) is 6.07 Å². The van der Waals surface area contributed by atoms with Crippen LogP contribution in [0.4, 0.5) is 11.4 Å². The second-order valence-corrected chi connectivity index (χ2v) is 4.47.